The summed E-state index contributed by atoms with van der Waals surface area (Å²) in [6, 6.07) is 18.5. The number of likely N-dealkylation sites (tertiary alicyclic amines) is 1. The molecule has 1 fully saturated rings. The maximum atomic E-state index is 13.7. The van der Waals surface area contributed by atoms with Gasteiger partial charge in [-0.05, 0) is 67.8 Å². The van der Waals surface area contributed by atoms with E-state index >= 15 is 0 Å². The molecule has 0 radical (unpaired) electrons. The quantitative estimate of drug-likeness (QED) is 0.255. The van der Waals surface area contributed by atoms with Gasteiger partial charge in [0.05, 0.1) is 11.4 Å². The van der Waals surface area contributed by atoms with Crippen molar-refractivity contribution < 1.29 is 18.8 Å². The van der Waals surface area contributed by atoms with E-state index in [1.807, 2.05) is 36.1 Å². The molecule has 204 valence electrons. The zero-order valence-corrected chi connectivity index (χ0v) is 22.1. The third kappa shape index (κ3) is 7.80. The summed E-state index contributed by atoms with van der Waals surface area (Å²) >= 11 is 0. The van der Waals surface area contributed by atoms with Crippen molar-refractivity contribution in [3.05, 3.63) is 89.2 Å². The van der Waals surface area contributed by atoms with Crippen LogP contribution < -0.4 is 21.3 Å². The van der Waals surface area contributed by atoms with Crippen molar-refractivity contribution >= 4 is 34.8 Å². The zero-order valence-electron chi connectivity index (χ0n) is 22.1. The Balaban J connectivity index is 1.40. The minimum absolute atomic E-state index is 0.164. The Morgan fingerprint density at radius 3 is 2.36 bits per heavy atom. The highest BCUT2D eigenvalue weighted by atomic mass is 19.1. The van der Waals surface area contributed by atoms with Crippen LogP contribution in [0.15, 0.2) is 66.7 Å². The summed E-state index contributed by atoms with van der Waals surface area (Å²) in [5.74, 6) is -1.11. The van der Waals surface area contributed by atoms with Gasteiger partial charge in [0.25, 0.3) is 11.8 Å². The number of nitrogens with one attached hydrogen (secondary N) is 4. The standard InChI is InChI=1S/C30H34FN5O3/c1-21-7-2-3-10-25(21)32-15-16-33-26-13-12-23(29(38)34-14-6-18-36-17-5-11-28(36)37)20-27(26)35-30(39)22-8-4-9-24(31)19-22/h2-4,7-10,12-13,19-20,32-33H,5-6,11,14-18H2,1H3,(H,34,38)(H,35,39). The molecule has 1 saturated heterocycles. The van der Waals surface area contributed by atoms with Crippen LogP contribution in [-0.4, -0.2) is 55.3 Å². The molecule has 0 bridgehead atoms. The van der Waals surface area contributed by atoms with Gasteiger partial charge >= 0.3 is 0 Å². The lowest BCUT2D eigenvalue weighted by Gasteiger charge is -2.17. The third-order valence-electron chi connectivity index (χ3n) is 6.58. The van der Waals surface area contributed by atoms with Gasteiger partial charge in [0.2, 0.25) is 5.91 Å². The first-order valence-electron chi connectivity index (χ1n) is 13.2. The number of amides is 3. The predicted molar refractivity (Wildman–Crippen MR) is 152 cm³/mol. The number of hydrogen-bond donors (Lipinski definition) is 4. The van der Waals surface area contributed by atoms with Crippen LogP contribution in [0.25, 0.3) is 0 Å². The molecule has 0 aliphatic carbocycles. The van der Waals surface area contributed by atoms with Crippen molar-refractivity contribution in [2.75, 3.05) is 48.7 Å². The smallest absolute Gasteiger partial charge is 0.255 e. The molecule has 9 heteroatoms. The average Bonchev–Trinajstić information content (AvgIpc) is 3.34. The second-order valence-corrected chi connectivity index (χ2v) is 9.49. The van der Waals surface area contributed by atoms with Crippen LogP contribution in [0, 0.1) is 12.7 Å². The van der Waals surface area contributed by atoms with Gasteiger partial charge in [-0.1, -0.05) is 24.3 Å². The number of benzene rings is 3. The second-order valence-electron chi connectivity index (χ2n) is 9.49. The molecule has 3 aromatic carbocycles. The largest absolute Gasteiger partial charge is 0.383 e. The fraction of sp³-hybridized carbons (Fsp3) is 0.300. The Morgan fingerprint density at radius 1 is 0.846 bits per heavy atom. The molecule has 0 spiro atoms. The summed E-state index contributed by atoms with van der Waals surface area (Å²) in [7, 11) is 0. The van der Waals surface area contributed by atoms with E-state index < -0.39 is 11.7 Å². The number of carbonyl (C=O) groups excluding carboxylic acids is 3. The fourth-order valence-electron chi connectivity index (χ4n) is 4.45. The normalized spacial score (nSPS) is 12.8. The van der Waals surface area contributed by atoms with Crippen LogP contribution >= 0.6 is 0 Å². The van der Waals surface area contributed by atoms with E-state index in [1.165, 1.54) is 18.2 Å². The van der Waals surface area contributed by atoms with Gasteiger partial charge in [0, 0.05) is 56.0 Å². The van der Waals surface area contributed by atoms with Crippen LogP contribution in [0.4, 0.5) is 21.5 Å². The molecule has 3 amide bonds. The van der Waals surface area contributed by atoms with Crippen LogP contribution in [0.3, 0.4) is 0 Å². The van der Waals surface area contributed by atoms with Crippen LogP contribution in [0.5, 0.6) is 0 Å². The molecule has 0 saturated carbocycles. The van der Waals surface area contributed by atoms with E-state index in [1.54, 1.807) is 18.2 Å². The number of rotatable bonds is 12. The number of anilines is 3. The molecular formula is C30H34FN5O3. The predicted octanol–water partition coefficient (Wildman–Crippen LogP) is 4.65. The van der Waals surface area contributed by atoms with Crippen molar-refractivity contribution in [2.45, 2.75) is 26.2 Å². The number of nitrogens with zero attached hydrogens (tertiary/aromatic N) is 1. The van der Waals surface area contributed by atoms with E-state index in [0.29, 0.717) is 56.0 Å². The maximum absolute atomic E-state index is 13.7. The van der Waals surface area contributed by atoms with Crippen molar-refractivity contribution in [2.24, 2.45) is 0 Å². The molecule has 0 atom stereocenters. The van der Waals surface area contributed by atoms with Gasteiger partial charge in [0.1, 0.15) is 5.82 Å². The van der Waals surface area contributed by atoms with Gasteiger partial charge in [-0.25, -0.2) is 4.39 Å². The zero-order chi connectivity index (χ0) is 27.6. The Labute approximate surface area is 228 Å². The van der Waals surface area contributed by atoms with Crippen LogP contribution in [0.2, 0.25) is 0 Å². The lowest BCUT2D eigenvalue weighted by atomic mass is 10.1. The Morgan fingerprint density at radius 2 is 1.62 bits per heavy atom. The first-order chi connectivity index (χ1) is 18.9. The summed E-state index contributed by atoms with van der Waals surface area (Å²) in [5.41, 5.74) is 3.78. The first-order valence-corrected chi connectivity index (χ1v) is 13.2. The van der Waals surface area contributed by atoms with E-state index in [0.717, 1.165) is 30.3 Å². The SMILES string of the molecule is Cc1ccccc1NCCNc1ccc(C(=O)NCCCN2CCCC2=O)cc1NC(=O)c1cccc(F)c1. The summed E-state index contributed by atoms with van der Waals surface area (Å²) in [5, 5.41) is 12.4. The third-order valence-corrected chi connectivity index (χ3v) is 6.58. The van der Waals surface area contributed by atoms with Crippen LogP contribution in [-0.2, 0) is 4.79 Å². The summed E-state index contributed by atoms with van der Waals surface area (Å²) in [6.07, 6.45) is 2.14. The highest BCUT2D eigenvalue weighted by Crippen LogP contribution is 2.24. The number of para-hydroxylation sites is 1. The lowest BCUT2D eigenvalue weighted by Crippen LogP contribution is -2.30. The molecule has 8 nitrogen and oxygen atoms in total. The van der Waals surface area contributed by atoms with Crippen molar-refractivity contribution in [3.63, 3.8) is 0 Å². The van der Waals surface area contributed by atoms with Crippen molar-refractivity contribution in [1.29, 1.82) is 0 Å². The molecular weight excluding hydrogens is 497 g/mol. The van der Waals surface area contributed by atoms with E-state index in [-0.39, 0.29) is 17.4 Å². The van der Waals surface area contributed by atoms with E-state index in [9.17, 15) is 18.8 Å². The molecule has 0 aromatic heterocycles. The second kappa shape index (κ2) is 13.4. The molecule has 0 unspecified atom stereocenters. The Kier molecular flexibility index (Phi) is 9.50. The number of aryl methyl sites for hydroxylation is 1. The molecule has 1 aliphatic rings. The molecule has 1 aliphatic heterocycles. The molecule has 4 N–H and O–H groups in total. The highest BCUT2D eigenvalue weighted by molar-refractivity contribution is 6.07. The van der Waals surface area contributed by atoms with E-state index in [4.69, 9.17) is 0 Å². The average molecular weight is 532 g/mol. The monoisotopic (exact) mass is 531 g/mol. The van der Waals surface area contributed by atoms with E-state index in [2.05, 4.69) is 21.3 Å². The molecule has 39 heavy (non-hydrogen) atoms. The molecule has 1 heterocycles. The summed E-state index contributed by atoms with van der Waals surface area (Å²) < 4.78 is 13.7. The van der Waals surface area contributed by atoms with Gasteiger partial charge in [-0.3, -0.25) is 14.4 Å². The maximum Gasteiger partial charge on any atom is 0.255 e. The Bertz CT molecular complexity index is 1330. The minimum atomic E-state index is -0.507. The van der Waals surface area contributed by atoms with Gasteiger partial charge in [-0.2, -0.15) is 0 Å². The fourth-order valence-corrected chi connectivity index (χ4v) is 4.45. The molecule has 4 rings (SSSR count). The Hall–Kier alpha value is -4.40. The van der Waals surface area contributed by atoms with Gasteiger partial charge < -0.3 is 26.2 Å². The van der Waals surface area contributed by atoms with Crippen molar-refractivity contribution in [1.82, 2.24) is 10.2 Å². The number of hydrogen-bond acceptors (Lipinski definition) is 5. The lowest BCUT2D eigenvalue weighted by molar-refractivity contribution is -0.127. The van der Waals surface area contributed by atoms with Gasteiger partial charge in [-0.15, -0.1) is 0 Å². The molecule has 3 aromatic rings. The summed E-state index contributed by atoms with van der Waals surface area (Å²) in [4.78, 5) is 39.3. The number of halogens is 1. The minimum Gasteiger partial charge on any atom is -0.383 e. The number of carbonyl (C=O) groups is 3. The van der Waals surface area contributed by atoms with Crippen LogP contribution in [0.1, 0.15) is 45.5 Å². The first kappa shape index (κ1) is 27.6. The topological polar surface area (TPSA) is 103 Å². The van der Waals surface area contributed by atoms with Gasteiger partial charge in [0.15, 0.2) is 0 Å². The van der Waals surface area contributed by atoms with Crippen molar-refractivity contribution in [3.8, 4) is 0 Å². The highest BCUT2D eigenvalue weighted by Gasteiger charge is 2.19. The summed E-state index contributed by atoms with van der Waals surface area (Å²) in [6.45, 7) is 5.04.